The van der Waals surface area contributed by atoms with Crippen LogP contribution in [0.5, 0.6) is 5.75 Å². The monoisotopic (exact) mass is 295 g/mol. The van der Waals surface area contributed by atoms with Gasteiger partial charge in [-0.15, -0.1) is 0 Å². The first-order valence-corrected chi connectivity index (χ1v) is 6.72. The second kappa shape index (κ2) is 6.13. The van der Waals surface area contributed by atoms with Crippen molar-refractivity contribution in [1.29, 1.82) is 0 Å². The van der Waals surface area contributed by atoms with Gasteiger partial charge in [0.05, 0.1) is 0 Å². The summed E-state index contributed by atoms with van der Waals surface area (Å²) in [6.07, 6.45) is 0. The third-order valence-corrected chi connectivity index (χ3v) is 3.02. The van der Waals surface area contributed by atoms with Gasteiger partial charge in [-0.25, -0.2) is 4.79 Å². The largest absolute Gasteiger partial charge is 0.484 e. The van der Waals surface area contributed by atoms with Crippen LogP contribution >= 0.6 is 0 Å². The molecule has 0 unspecified atom stereocenters. The van der Waals surface area contributed by atoms with Gasteiger partial charge in [-0.3, -0.25) is 4.79 Å². The number of fused-ring (bicyclic) bond motifs is 1. The molecular formula is C17H13NO4. The topological polar surface area (TPSA) is 68.5 Å². The van der Waals surface area contributed by atoms with E-state index in [1.165, 1.54) is 6.07 Å². The highest BCUT2D eigenvalue weighted by Crippen LogP contribution is 2.19. The molecule has 5 heteroatoms. The molecule has 5 nitrogen and oxygen atoms in total. The molecule has 1 N–H and O–H groups in total. The van der Waals surface area contributed by atoms with E-state index < -0.39 is 5.63 Å². The van der Waals surface area contributed by atoms with E-state index in [1.807, 2.05) is 18.2 Å². The Morgan fingerprint density at radius 3 is 2.68 bits per heavy atom. The SMILES string of the molecule is O=C(COc1ccc2oc(=O)ccc2c1)Nc1ccccc1. The van der Waals surface area contributed by atoms with Crippen molar-refractivity contribution in [2.24, 2.45) is 0 Å². The zero-order chi connectivity index (χ0) is 15.4. The molecule has 0 aliphatic carbocycles. The van der Waals surface area contributed by atoms with E-state index in [2.05, 4.69) is 5.32 Å². The summed E-state index contributed by atoms with van der Waals surface area (Å²) in [4.78, 5) is 22.9. The van der Waals surface area contributed by atoms with Crippen molar-refractivity contribution in [1.82, 2.24) is 0 Å². The Hall–Kier alpha value is -3.08. The second-order valence-electron chi connectivity index (χ2n) is 4.66. The minimum Gasteiger partial charge on any atom is -0.484 e. The van der Waals surface area contributed by atoms with Crippen LogP contribution in [0.15, 0.2) is 69.9 Å². The minimum atomic E-state index is -0.400. The van der Waals surface area contributed by atoms with Gasteiger partial charge in [0.15, 0.2) is 6.61 Å². The molecule has 110 valence electrons. The van der Waals surface area contributed by atoms with Crippen LogP contribution in [-0.2, 0) is 4.79 Å². The van der Waals surface area contributed by atoms with E-state index in [9.17, 15) is 9.59 Å². The Balaban J connectivity index is 1.65. The zero-order valence-electron chi connectivity index (χ0n) is 11.6. The summed E-state index contributed by atoms with van der Waals surface area (Å²) in [6.45, 7) is -0.100. The summed E-state index contributed by atoms with van der Waals surface area (Å²) in [6, 6.07) is 17.2. The Kier molecular flexibility index (Phi) is 3.87. The lowest BCUT2D eigenvalue weighted by Gasteiger charge is -2.08. The molecule has 0 saturated heterocycles. The van der Waals surface area contributed by atoms with E-state index in [1.54, 1.807) is 36.4 Å². The molecular weight excluding hydrogens is 282 g/mol. The predicted octanol–water partition coefficient (Wildman–Crippen LogP) is 2.81. The first-order valence-electron chi connectivity index (χ1n) is 6.72. The summed E-state index contributed by atoms with van der Waals surface area (Å²) >= 11 is 0. The highest BCUT2D eigenvalue weighted by Gasteiger charge is 2.05. The van der Waals surface area contributed by atoms with Gasteiger partial charge in [-0.05, 0) is 36.4 Å². The van der Waals surface area contributed by atoms with Gasteiger partial charge in [0.1, 0.15) is 11.3 Å². The predicted molar refractivity (Wildman–Crippen MR) is 83.1 cm³/mol. The number of benzene rings is 2. The molecule has 22 heavy (non-hydrogen) atoms. The number of rotatable bonds is 4. The highest BCUT2D eigenvalue weighted by atomic mass is 16.5. The molecule has 0 spiro atoms. The molecule has 0 atom stereocenters. The molecule has 1 aromatic heterocycles. The number of hydrogen-bond acceptors (Lipinski definition) is 4. The van der Waals surface area contributed by atoms with Crippen molar-refractivity contribution in [3.63, 3.8) is 0 Å². The average molecular weight is 295 g/mol. The van der Waals surface area contributed by atoms with Gasteiger partial charge in [0.25, 0.3) is 5.91 Å². The third kappa shape index (κ3) is 3.32. The molecule has 1 amide bonds. The number of amides is 1. The molecule has 2 aromatic carbocycles. The van der Waals surface area contributed by atoms with Crippen LogP contribution in [0.25, 0.3) is 11.0 Å². The van der Waals surface area contributed by atoms with Crippen molar-refractivity contribution in [3.05, 3.63) is 71.1 Å². The maximum absolute atomic E-state index is 11.8. The number of ether oxygens (including phenoxy) is 1. The minimum absolute atomic E-state index is 0.100. The second-order valence-corrected chi connectivity index (χ2v) is 4.66. The number of hydrogen-bond donors (Lipinski definition) is 1. The van der Waals surface area contributed by atoms with Gasteiger partial charge >= 0.3 is 5.63 Å². The lowest BCUT2D eigenvalue weighted by atomic mass is 10.2. The van der Waals surface area contributed by atoms with Gasteiger partial charge in [-0.2, -0.15) is 0 Å². The average Bonchev–Trinajstić information content (AvgIpc) is 2.54. The molecule has 3 rings (SSSR count). The number of carbonyl (C=O) groups is 1. The van der Waals surface area contributed by atoms with Crippen molar-refractivity contribution >= 4 is 22.6 Å². The van der Waals surface area contributed by atoms with Gasteiger partial charge in [0, 0.05) is 17.1 Å². The molecule has 1 heterocycles. The zero-order valence-corrected chi connectivity index (χ0v) is 11.6. The fraction of sp³-hybridized carbons (Fsp3) is 0.0588. The van der Waals surface area contributed by atoms with E-state index in [-0.39, 0.29) is 12.5 Å². The Labute approximate surface area is 126 Å². The Morgan fingerprint density at radius 1 is 1.05 bits per heavy atom. The summed E-state index contributed by atoms with van der Waals surface area (Å²) in [5, 5.41) is 3.47. The van der Waals surface area contributed by atoms with Crippen molar-refractivity contribution in [2.45, 2.75) is 0 Å². The lowest BCUT2D eigenvalue weighted by molar-refractivity contribution is -0.118. The molecule has 3 aromatic rings. The van der Waals surface area contributed by atoms with Crippen molar-refractivity contribution in [3.8, 4) is 5.75 Å². The summed E-state index contributed by atoms with van der Waals surface area (Å²) in [5.74, 6) is 0.287. The highest BCUT2D eigenvalue weighted by molar-refractivity contribution is 5.91. The number of carbonyl (C=O) groups excluding carboxylic acids is 1. The first-order chi connectivity index (χ1) is 10.7. The van der Waals surface area contributed by atoms with Crippen LogP contribution in [0, 0.1) is 0 Å². The maximum atomic E-state index is 11.8. The van der Waals surface area contributed by atoms with Crippen LogP contribution in [0.4, 0.5) is 5.69 Å². The van der Waals surface area contributed by atoms with Gasteiger partial charge in [-0.1, -0.05) is 18.2 Å². The van der Waals surface area contributed by atoms with E-state index >= 15 is 0 Å². The van der Waals surface area contributed by atoms with E-state index in [0.29, 0.717) is 11.3 Å². The fourth-order valence-corrected chi connectivity index (χ4v) is 2.01. The van der Waals surface area contributed by atoms with Gasteiger partial charge in [0.2, 0.25) is 0 Å². The Morgan fingerprint density at radius 2 is 1.86 bits per heavy atom. The molecule has 0 fully saturated rings. The van der Waals surface area contributed by atoms with Crippen molar-refractivity contribution < 1.29 is 13.9 Å². The van der Waals surface area contributed by atoms with E-state index in [4.69, 9.17) is 9.15 Å². The summed E-state index contributed by atoms with van der Waals surface area (Å²) in [5.41, 5.74) is 0.799. The summed E-state index contributed by atoms with van der Waals surface area (Å²) < 4.78 is 10.5. The first kappa shape index (κ1) is 13.9. The van der Waals surface area contributed by atoms with Gasteiger partial charge < -0.3 is 14.5 Å². The van der Waals surface area contributed by atoms with Crippen LogP contribution in [0.1, 0.15) is 0 Å². The van der Waals surface area contributed by atoms with Crippen molar-refractivity contribution in [2.75, 3.05) is 11.9 Å². The summed E-state index contributed by atoms with van der Waals surface area (Å²) in [7, 11) is 0. The molecule has 0 aliphatic heterocycles. The third-order valence-electron chi connectivity index (χ3n) is 3.02. The van der Waals surface area contributed by atoms with E-state index in [0.717, 1.165) is 11.1 Å². The van der Waals surface area contributed by atoms with Crippen LogP contribution in [0.3, 0.4) is 0 Å². The number of nitrogens with one attached hydrogen (secondary N) is 1. The normalized spacial score (nSPS) is 10.4. The quantitative estimate of drug-likeness (QED) is 0.751. The molecule has 0 radical (unpaired) electrons. The van der Waals surface area contributed by atoms with Crippen LogP contribution < -0.4 is 15.7 Å². The number of para-hydroxylation sites is 1. The Bertz CT molecular complexity index is 855. The van der Waals surface area contributed by atoms with Crippen LogP contribution in [-0.4, -0.2) is 12.5 Å². The maximum Gasteiger partial charge on any atom is 0.336 e. The van der Waals surface area contributed by atoms with Crippen LogP contribution in [0.2, 0.25) is 0 Å². The lowest BCUT2D eigenvalue weighted by Crippen LogP contribution is -2.20. The smallest absolute Gasteiger partial charge is 0.336 e. The molecule has 0 saturated carbocycles. The standard InChI is InChI=1S/C17H13NO4/c19-16(18-13-4-2-1-3-5-13)11-21-14-7-8-15-12(10-14)6-9-17(20)22-15/h1-10H,11H2,(H,18,19). The fourth-order valence-electron chi connectivity index (χ4n) is 2.01. The number of anilines is 1. The molecule has 0 bridgehead atoms. The molecule has 0 aliphatic rings.